The Hall–Kier alpha value is -1.82. The molecule has 0 saturated carbocycles. The molecule has 0 aliphatic carbocycles. The van der Waals surface area contributed by atoms with Crippen LogP contribution in [0.15, 0.2) is 22.9 Å². The molecule has 0 N–H and O–H groups in total. The first kappa shape index (κ1) is 12.2. The van der Waals surface area contributed by atoms with E-state index in [0.717, 1.165) is 19.0 Å². The molecule has 0 amide bonds. The van der Waals surface area contributed by atoms with E-state index < -0.39 is 5.82 Å². The zero-order chi connectivity index (χ0) is 13.5. The first-order valence-electron chi connectivity index (χ1n) is 6.17. The molecule has 1 fully saturated rings. The largest absolute Gasteiger partial charge is 0.363 e. The van der Waals surface area contributed by atoms with Crippen LogP contribution in [-0.4, -0.2) is 20.7 Å². The van der Waals surface area contributed by atoms with Crippen LogP contribution < -0.4 is 0 Å². The van der Waals surface area contributed by atoms with Crippen LogP contribution in [0.1, 0.15) is 38.7 Å². The maximum atomic E-state index is 12.8. The van der Waals surface area contributed by atoms with E-state index >= 15 is 0 Å². The topological polar surface area (TPSA) is 61.0 Å². The lowest BCUT2D eigenvalue weighted by atomic mass is 10.1. The Kier molecular flexibility index (Phi) is 2.82. The second kappa shape index (κ2) is 4.38. The van der Waals surface area contributed by atoms with Crippen LogP contribution in [-0.2, 0) is 4.74 Å². The Morgan fingerprint density at radius 1 is 1.37 bits per heavy atom. The van der Waals surface area contributed by atoms with E-state index in [0.29, 0.717) is 17.4 Å². The van der Waals surface area contributed by atoms with Gasteiger partial charge in [-0.1, -0.05) is 5.16 Å². The molecule has 2 aromatic heterocycles. The highest BCUT2D eigenvalue weighted by atomic mass is 19.1. The molecular formula is C13H14FN3O2. The van der Waals surface area contributed by atoms with Gasteiger partial charge in [-0.05, 0) is 38.8 Å². The van der Waals surface area contributed by atoms with E-state index in [1.807, 2.05) is 13.8 Å². The van der Waals surface area contributed by atoms with Crippen molar-refractivity contribution in [2.75, 3.05) is 0 Å². The van der Waals surface area contributed by atoms with Gasteiger partial charge in [-0.2, -0.15) is 4.98 Å². The molecule has 1 aliphatic rings. The van der Waals surface area contributed by atoms with Gasteiger partial charge in [0.25, 0.3) is 5.89 Å². The van der Waals surface area contributed by atoms with Crippen LogP contribution in [0.5, 0.6) is 0 Å². The van der Waals surface area contributed by atoms with Crippen LogP contribution in [0.2, 0.25) is 0 Å². The number of rotatable bonds is 2. The first-order valence-corrected chi connectivity index (χ1v) is 6.17. The fourth-order valence-corrected chi connectivity index (χ4v) is 2.13. The standard InChI is InChI=1S/C13H14FN3O2/c1-13(2)6-5-10(18-13)12-16-11(17-19-12)9-4-3-8(14)7-15-9/h3-4,7,10H,5-6H2,1-2H3. The third-order valence-corrected chi connectivity index (χ3v) is 3.14. The lowest BCUT2D eigenvalue weighted by Gasteiger charge is -2.17. The van der Waals surface area contributed by atoms with Crippen molar-refractivity contribution in [1.29, 1.82) is 0 Å². The van der Waals surface area contributed by atoms with Crippen molar-refractivity contribution in [2.45, 2.75) is 38.4 Å². The summed E-state index contributed by atoms with van der Waals surface area (Å²) in [4.78, 5) is 8.19. The number of pyridine rings is 1. The Bertz CT molecular complexity index is 580. The van der Waals surface area contributed by atoms with Crippen LogP contribution in [0, 0.1) is 5.82 Å². The quantitative estimate of drug-likeness (QED) is 0.833. The first-order chi connectivity index (χ1) is 9.03. The lowest BCUT2D eigenvalue weighted by Crippen LogP contribution is -2.17. The third kappa shape index (κ3) is 2.49. The van der Waals surface area contributed by atoms with Crippen molar-refractivity contribution in [3.8, 4) is 11.5 Å². The molecule has 0 aromatic carbocycles. The van der Waals surface area contributed by atoms with Crippen molar-refractivity contribution in [1.82, 2.24) is 15.1 Å². The summed E-state index contributed by atoms with van der Waals surface area (Å²) in [7, 11) is 0. The summed E-state index contributed by atoms with van der Waals surface area (Å²) in [6, 6.07) is 2.83. The molecule has 0 radical (unpaired) electrons. The maximum Gasteiger partial charge on any atom is 0.256 e. The van der Waals surface area contributed by atoms with E-state index in [2.05, 4.69) is 15.1 Å². The predicted octanol–water partition coefficient (Wildman–Crippen LogP) is 2.90. The highest BCUT2D eigenvalue weighted by molar-refractivity contribution is 5.47. The lowest BCUT2D eigenvalue weighted by molar-refractivity contribution is -0.0292. The second-order valence-electron chi connectivity index (χ2n) is 5.22. The van der Waals surface area contributed by atoms with Crippen molar-refractivity contribution >= 4 is 0 Å². The summed E-state index contributed by atoms with van der Waals surface area (Å²) in [5.74, 6) is 0.406. The Morgan fingerprint density at radius 3 is 2.84 bits per heavy atom. The summed E-state index contributed by atoms with van der Waals surface area (Å²) >= 11 is 0. The maximum absolute atomic E-state index is 12.8. The van der Waals surface area contributed by atoms with Gasteiger partial charge in [-0.25, -0.2) is 9.37 Å². The van der Waals surface area contributed by atoms with Gasteiger partial charge in [-0.15, -0.1) is 0 Å². The minimum absolute atomic E-state index is 0.159. The highest BCUT2D eigenvalue weighted by Gasteiger charge is 2.35. The van der Waals surface area contributed by atoms with E-state index in [9.17, 15) is 4.39 Å². The summed E-state index contributed by atoms with van der Waals surface area (Å²) in [5, 5.41) is 3.86. The van der Waals surface area contributed by atoms with Gasteiger partial charge < -0.3 is 9.26 Å². The normalized spacial score (nSPS) is 21.7. The fraction of sp³-hybridized carbons (Fsp3) is 0.462. The molecule has 6 heteroatoms. The molecule has 1 atom stereocenters. The molecule has 5 nitrogen and oxygen atoms in total. The average Bonchev–Trinajstić information content (AvgIpc) is 2.96. The smallest absolute Gasteiger partial charge is 0.256 e. The summed E-state index contributed by atoms with van der Waals surface area (Å²) in [5.41, 5.74) is 0.321. The van der Waals surface area contributed by atoms with E-state index in [1.54, 1.807) is 0 Å². The van der Waals surface area contributed by atoms with Gasteiger partial charge >= 0.3 is 0 Å². The van der Waals surface area contributed by atoms with Gasteiger partial charge in [0.2, 0.25) is 5.82 Å². The number of nitrogens with zero attached hydrogens (tertiary/aromatic N) is 3. The molecular weight excluding hydrogens is 249 g/mol. The monoisotopic (exact) mass is 263 g/mol. The number of aromatic nitrogens is 3. The molecule has 1 aliphatic heterocycles. The molecule has 1 unspecified atom stereocenters. The summed E-state index contributed by atoms with van der Waals surface area (Å²) in [6.07, 6.45) is 2.76. The van der Waals surface area contributed by atoms with Crippen molar-refractivity contribution in [3.05, 3.63) is 30.0 Å². The minimum Gasteiger partial charge on any atom is -0.363 e. The zero-order valence-corrected chi connectivity index (χ0v) is 10.8. The SMILES string of the molecule is CC1(C)CCC(c2nc(-c3ccc(F)cn3)no2)O1. The summed E-state index contributed by atoms with van der Waals surface area (Å²) in [6.45, 7) is 4.07. The van der Waals surface area contributed by atoms with Crippen molar-refractivity contribution in [3.63, 3.8) is 0 Å². The number of halogens is 1. The second-order valence-corrected chi connectivity index (χ2v) is 5.22. The molecule has 100 valence electrons. The number of hydrogen-bond donors (Lipinski definition) is 0. The number of hydrogen-bond acceptors (Lipinski definition) is 5. The fourth-order valence-electron chi connectivity index (χ4n) is 2.13. The van der Waals surface area contributed by atoms with E-state index in [4.69, 9.17) is 9.26 Å². The molecule has 0 bridgehead atoms. The van der Waals surface area contributed by atoms with Crippen molar-refractivity contribution in [2.24, 2.45) is 0 Å². The van der Waals surface area contributed by atoms with Crippen LogP contribution >= 0.6 is 0 Å². The van der Waals surface area contributed by atoms with Gasteiger partial charge in [0.05, 0.1) is 11.8 Å². The molecule has 2 aromatic rings. The van der Waals surface area contributed by atoms with Crippen LogP contribution in [0.25, 0.3) is 11.5 Å². The Balaban J connectivity index is 1.82. The van der Waals surface area contributed by atoms with Crippen LogP contribution in [0.4, 0.5) is 4.39 Å². The highest BCUT2D eigenvalue weighted by Crippen LogP contribution is 2.38. The average molecular weight is 263 g/mol. The Labute approximate surface area is 109 Å². The third-order valence-electron chi connectivity index (χ3n) is 3.14. The Morgan fingerprint density at radius 2 is 2.21 bits per heavy atom. The van der Waals surface area contributed by atoms with Crippen molar-refractivity contribution < 1.29 is 13.7 Å². The van der Waals surface area contributed by atoms with Crippen LogP contribution in [0.3, 0.4) is 0 Å². The molecule has 3 rings (SSSR count). The molecule has 0 spiro atoms. The van der Waals surface area contributed by atoms with Gasteiger partial charge in [-0.3, -0.25) is 0 Å². The summed E-state index contributed by atoms with van der Waals surface area (Å²) < 4.78 is 23.8. The van der Waals surface area contributed by atoms with Gasteiger partial charge in [0, 0.05) is 0 Å². The minimum atomic E-state index is -0.395. The van der Waals surface area contributed by atoms with Gasteiger partial charge in [0.15, 0.2) is 0 Å². The molecule has 19 heavy (non-hydrogen) atoms. The predicted molar refractivity (Wildman–Crippen MR) is 64.6 cm³/mol. The zero-order valence-electron chi connectivity index (χ0n) is 10.8. The molecule has 3 heterocycles. The van der Waals surface area contributed by atoms with E-state index in [-0.39, 0.29) is 11.7 Å². The number of ether oxygens (including phenoxy) is 1. The van der Waals surface area contributed by atoms with Gasteiger partial charge in [0.1, 0.15) is 17.6 Å². The van der Waals surface area contributed by atoms with E-state index in [1.165, 1.54) is 12.1 Å². The molecule has 1 saturated heterocycles.